The molecule has 2 N–H and O–H groups in total. The molecule has 6 nitrogen and oxygen atoms in total. The van der Waals surface area contributed by atoms with Crippen molar-refractivity contribution in [1.82, 2.24) is 5.32 Å². The third-order valence-corrected chi connectivity index (χ3v) is 6.35. The Hall–Kier alpha value is -3.43. The summed E-state index contributed by atoms with van der Waals surface area (Å²) in [6, 6.07) is 12.2. The van der Waals surface area contributed by atoms with Gasteiger partial charge < -0.3 is 19.9 Å². The number of carbonyl (C=O) groups is 2. The summed E-state index contributed by atoms with van der Waals surface area (Å²) in [5.74, 6) is -1.82. The number of fused-ring (bicyclic) bond motifs is 1. The van der Waals surface area contributed by atoms with Crippen molar-refractivity contribution in [1.29, 1.82) is 0 Å². The van der Waals surface area contributed by atoms with Gasteiger partial charge in [0.25, 0.3) is 5.91 Å². The standard InChI is InChI=1S/C26H20Cl2F3NO5/c27-16-5-1-14(2-6-16)11-23(26(29,30)31)32-24(33)15-3-7-17(8-4-15)37-22-13-21-19(12-20(22)28)18(25(34)35)9-10-36-21/h1-8,12-13,18,23H,9-11H2,(H,32,33)(H,34,35). The molecule has 0 aliphatic carbocycles. The number of carboxylic acids is 1. The van der Waals surface area contributed by atoms with E-state index in [1.807, 2.05) is 5.32 Å². The Labute approximate surface area is 219 Å². The van der Waals surface area contributed by atoms with Crippen LogP contribution in [-0.2, 0) is 11.2 Å². The first-order valence-corrected chi connectivity index (χ1v) is 11.9. The number of alkyl halides is 3. The lowest BCUT2D eigenvalue weighted by atomic mass is 9.93. The van der Waals surface area contributed by atoms with E-state index in [2.05, 4.69) is 0 Å². The zero-order chi connectivity index (χ0) is 26.7. The highest BCUT2D eigenvalue weighted by Crippen LogP contribution is 2.41. The Kier molecular flexibility index (Phi) is 7.85. The zero-order valence-electron chi connectivity index (χ0n) is 19.0. The predicted molar refractivity (Wildman–Crippen MR) is 131 cm³/mol. The van der Waals surface area contributed by atoms with Gasteiger partial charge in [0.15, 0.2) is 0 Å². The number of carbonyl (C=O) groups excluding carboxylic acids is 1. The molecular formula is C26H20Cl2F3NO5. The number of benzene rings is 3. The summed E-state index contributed by atoms with van der Waals surface area (Å²) in [6.45, 7) is 0.228. The van der Waals surface area contributed by atoms with Crippen molar-refractivity contribution < 1.29 is 37.3 Å². The fraction of sp³-hybridized carbons (Fsp3) is 0.231. The van der Waals surface area contributed by atoms with Gasteiger partial charge >= 0.3 is 12.1 Å². The largest absolute Gasteiger partial charge is 0.493 e. The monoisotopic (exact) mass is 553 g/mol. The highest BCUT2D eigenvalue weighted by atomic mass is 35.5. The van der Waals surface area contributed by atoms with E-state index in [1.165, 1.54) is 60.7 Å². The van der Waals surface area contributed by atoms with E-state index in [1.54, 1.807) is 0 Å². The van der Waals surface area contributed by atoms with Gasteiger partial charge in [-0.1, -0.05) is 35.3 Å². The maximum Gasteiger partial charge on any atom is 0.408 e. The minimum absolute atomic E-state index is 0.00174. The van der Waals surface area contributed by atoms with Crippen LogP contribution in [0.25, 0.3) is 0 Å². The molecular weight excluding hydrogens is 534 g/mol. The van der Waals surface area contributed by atoms with E-state index in [9.17, 15) is 27.9 Å². The molecule has 1 aliphatic rings. The number of aliphatic carboxylic acids is 1. The quantitative estimate of drug-likeness (QED) is 0.342. The lowest BCUT2D eigenvalue weighted by molar-refractivity contribution is -0.153. The van der Waals surface area contributed by atoms with Gasteiger partial charge in [-0.25, -0.2) is 0 Å². The molecule has 1 heterocycles. The Morgan fingerprint density at radius 1 is 1.08 bits per heavy atom. The second kappa shape index (κ2) is 10.9. The van der Waals surface area contributed by atoms with Gasteiger partial charge in [-0.2, -0.15) is 13.2 Å². The van der Waals surface area contributed by atoms with Gasteiger partial charge in [0, 0.05) is 28.6 Å². The van der Waals surface area contributed by atoms with Crippen molar-refractivity contribution in [3.8, 4) is 17.2 Å². The number of amides is 1. The van der Waals surface area contributed by atoms with E-state index >= 15 is 0 Å². The van der Waals surface area contributed by atoms with Crippen molar-refractivity contribution in [2.24, 2.45) is 0 Å². The van der Waals surface area contributed by atoms with Crippen LogP contribution in [0, 0.1) is 0 Å². The molecule has 1 amide bonds. The van der Waals surface area contributed by atoms with Crippen LogP contribution < -0.4 is 14.8 Å². The molecule has 1 aliphatic heterocycles. The van der Waals surface area contributed by atoms with Crippen LogP contribution in [0.4, 0.5) is 13.2 Å². The first kappa shape index (κ1) is 26.6. The van der Waals surface area contributed by atoms with Crippen LogP contribution in [0.2, 0.25) is 10.0 Å². The Morgan fingerprint density at radius 3 is 2.38 bits per heavy atom. The molecule has 194 valence electrons. The average molecular weight is 554 g/mol. The van der Waals surface area contributed by atoms with Crippen molar-refractivity contribution in [2.45, 2.75) is 31.0 Å². The number of hydrogen-bond acceptors (Lipinski definition) is 4. The minimum Gasteiger partial charge on any atom is -0.493 e. The molecule has 0 saturated heterocycles. The number of carboxylic acid groups (broad SMARTS) is 1. The molecule has 0 bridgehead atoms. The Bertz CT molecular complexity index is 1300. The van der Waals surface area contributed by atoms with Crippen molar-refractivity contribution >= 4 is 35.1 Å². The molecule has 2 atom stereocenters. The van der Waals surface area contributed by atoms with E-state index in [0.717, 1.165) is 0 Å². The van der Waals surface area contributed by atoms with Crippen molar-refractivity contribution in [2.75, 3.05) is 6.61 Å². The van der Waals surface area contributed by atoms with E-state index in [-0.39, 0.29) is 28.7 Å². The molecule has 3 aromatic carbocycles. The zero-order valence-corrected chi connectivity index (χ0v) is 20.5. The lowest BCUT2D eigenvalue weighted by Crippen LogP contribution is -2.46. The fourth-order valence-corrected chi connectivity index (χ4v) is 4.21. The number of nitrogens with one attached hydrogen (secondary N) is 1. The SMILES string of the molecule is O=C(NC(Cc1ccc(Cl)cc1)C(F)(F)F)c1ccc(Oc2cc3c(cc2Cl)C(C(=O)O)CCO3)cc1. The topological polar surface area (TPSA) is 84.9 Å². The highest BCUT2D eigenvalue weighted by molar-refractivity contribution is 6.32. The summed E-state index contributed by atoms with van der Waals surface area (Å²) >= 11 is 12.1. The summed E-state index contributed by atoms with van der Waals surface area (Å²) in [4.78, 5) is 24.0. The Balaban J connectivity index is 1.46. The molecule has 2 unspecified atom stereocenters. The molecule has 3 aromatic rings. The van der Waals surface area contributed by atoms with Crippen LogP contribution in [0.15, 0.2) is 60.7 Å². The average Bonchev–Trinajstić information content (AvgIpc) is 2.84. The molecule has 11 heteroatoms. The molecule has 0 radical (unpaired) electrons. The van der Waals surface area contributed by atoms with Gasteiger partial charge in [0.2, 0.25) is 0 Å². The molecule has 4 rings (SSSR count). The van der Waals surface area contributed by atoms with Gasteiger partial charge in [-0.3, -0.25) is 9.59 Å². The van der Waals surface area contributed by atoms with Crippen LogP contribution in [0.5, 0.6) is 17.2 Å². The number of ether oxygens (including phenoxy) is 2. The van der Waals surface area contributed by atoms with Crippen LogP contribution in [0.1, 0.15) is 33.8 Å². The Morgan fingerprint density at radius 2 is 1.76 bits per heavy atom. The second-order valence-corrected chi connectivity index (χ2v) is 9.22. The number of halogens is 5. The van der Waals surface area contributed by atoms with Gasteiger partial charge in [-0.15, -0.1) is 0 Å². The summed E-state index contributed by atoms with van der Waals surface area (Å²) in [5, 5.41) is 12.0. The molecule has 0 aromatic heterocycles. The molecule has 37 heavy (non-hydrogen) atoms. The third kappa shape index (κ3) is 6.47. The number of hydrogen-bond donors (Lipinski definition) is 2. The van der Waals surface area contributed by atoms with E-state index in [4.69, 9.17) is 32.7 Å². The lowest BCUT2D eigenvalue weighted by Gasteiger charge is -2.24. The van der Waals surface area contributed by atoms with Crippen molar-refractivity contribution in [3.63, 3.8) is 0 Å². The molecule has 0 fully saturated rings. The van der Waals surface area contributed by atoms with Gasteiger partial charge in [0.1, 0.15) is 23.3 Å². The summed E-state index contributed by atoms with van der Waals surface area (Å²) in [6.07, 6.45) is -4.80. The third-order valence-electron chi connectivity index (χ3n) is 5.80. The fourth-order valence-electron chi connectivity index (χ4n) is 3.87. The second-order valence-electron chi connectivity index (χ2n) is 8.37. The maximum absolute atomic E-state index is 13.6. The van der Waals surface area contributed by atoms with E-state index in [0.29, 0.717) is 28.3 Å². The normalized spacial score (nSPS) is 15.8. The first-order valence-electron chi connectivity index (χ1n) is 11.1. The smallest absolute Gasteiger partial charge is 0.408 e. The molecule has 0 saturated carbocycles. The summed E-state index contributed by atoms with van der Waals surface area (Å²) < 4.78 is 52.0. The summed E-state index contributed by atoms with van der Waals surface area (Å²) in [5.41, 5.74) is 0.819. The van der Waals surface area contributed by atoms with Crippen LogP contribution >= 0.6 is 23.2 Å². The van der Waals surface area contributed by atoms with Gasteiger partial charge in [-0.05, 0) is 54.4 Å². The highest BCUT2D eigenvalue weighted by Gasteiger charge is 2.40. The molecule has 0 spiro atoms. The first-order chi connectivity index (χ1) is 17.5. The van der Waals surface area contributed by atoms with Crippen LogP contribution in [0.3, 0.4) is 0 Å². The van der Waals surface area contributed by atoms with Crippen molar-refractivity contribution in [3.05, 3.63) is 87.4 Å². The van der Waals surface area contributed by atoms with Crippen LogP contribution in [-0.4, -0.2) is 35.8 Å². The van der Waals surface area contributed by atoms with E-state index < -0.39 is 36.4 Å². The predicted octanol–water partition coefficient (Wildman–Crippen LogP) is 6.64. The maximum atomic E-state index is 13.6. The minimum atomic E-state index is -4.66. The van der Waals surface area contributed by atoms with Gasteiger partial charge in [0.05, 0.1) is 17.5 Å². The summed E-state index contributed by atoms with van der Waals surface area (Å²) in [7, 11) is 0. The number of rotatable bonds is 7.